The van der Waals surface area contributed by atoms with E-state index >= 15 is 0 Å². The molecular formula is C12H24O10. The second-order valence-electron chi connectivity index (χ2n) is 4.42. The molecule has 0 saturated heterocycles. The van der Waals surface area contributed by atoms with Crippen molar-refractivity contribution in [2.75, 3.05) is 13.2 Å². The fraction of sp³-hybridized carbons (Fsp3) is 0.833. The van der Waals surface area contributed by atoms with E-state index in [2.05, 4.69) is 0 Å². The van der Waals surface area contributed by atoms with Gasteiger partial charge in [0.05, 0.1) is 25.4 Å². The predicted octanol–water partition coefficient (Wildman–Crippen LogP) is -4.70. The van der Waals surface area contributed by atoms with E-state index in [1.165, 1.54) is 0 Å². The number of aliphatic hydroxyl groups excluding tert-OH is 8. The second-order valence-corrected chi connectivity index (χ2v) is 4.42. The Morgan fingerprint density at radius 2 is 0.864 bits per heavy atom. The van der Waals surface area contributed by atoms with Crippen molar-refractivity contribution in [3.8, 4) is 0 Å². The van der Waals surface area contributed by atoms with Crippen molar-refractivity contribution < 1.29 is 50.4 Å². The van der Waals surface area contributed by atoms with E-state index in [1.54, 1.807) is 0 Å². The molecule has 10 nitrogen and oxygen atoms in total. The van der Waals surface area contributed by atoms with Gasteiger partial charge in [-0.2, -0.15) is 0 Å². The third kappa shape index (κ3) is 9.87. The Balaban J connectivity index is 0. The SMILES string of the molecule is O=CCC(O)C(O)C(O)CO.O=CCC(O)C(O)C(O)CO. The summed E-state index contributed by atoms with van der Waals surface area (Å²) in [5.41, 5.74) is 0. The Kier molecular flexibility index (Phi) is 14.5. The van der Waals surface area contributed by atoms with Crippen LogP contribution >= 0.6 is 0 Å². The average Bonchev–Trinajstić information content (AvgIpc) is 2.52. The molecule has 0 heterocycles. The fourth-order valence-electron chi connectivity index (χ4n) is 1.20. The van der Waals surface area contributed by atoms with E-state index in [4.69, 9.17) is 40.9 Å². The molecule has 0 fully saturated rings. The van der Waals surface area contributed by atoms with Crippen molar-refractivity contribution in [1.82, 2.24) is 0 Å². The van der Waals surface area contributed by atoms with Crippen LogP contribution in [0.5, 0.6) is 0 Å². The first kappa shape index (κ1) is 23.3. The number of hydrogen-bond acceptors (Lipinski definition) is 10. The van der Waals surface area contributed by atoms with Crippen molar-refractivity contribution in [1.29, 1.82) is 0 Å². The minimum atomic E-state index is -1.47. The number of aldehydes is 2. The van der Waals surface area contributed by atoms with Gasteiger partial charge in [0.25, 0.3) is 0 Å². The normalized spacial score (nSPS) is 18.9. The highest BCUT2D eigenvalue weighted by Crippen LogP contribution is 2.02. The minimum Gasteiger partial charge on any atom is -0.394 e. The van der Waals surface area contributed by atoms with Crippen LogP contribution in [0.25, 0.3) is 0 Å². The monoisotopic (exact) mass is 328 g/mol. The van der Waals surface area contributed by atoms with Crippen molar-refractivity contribution in [3.05, 3.63) is 0 Å². The third-order valence-corrected chi connectivity index (χ3v) is 2.63. The topological polar surface area (TPSA) is 196 Å². The maximum Gasteiger partial charge on any atom is 0.122 e. The van der Waals surface area contributed by atoms with Crippen LogP contribution in [0.4, 0.5) is 0 Å². The molecule has 6 atom stereocenters. The summed E-state index contributed by atoms with van der Waals surface area (Å²) >= 11 is 0. The lowest BCUT2D eigenvalue weighted by Crippen LogP contribution is -2.39. The number of rotatable bonds is 10. The Hall–Kier alpha value is -0.980. The molecule has 0 bridgehead atoms. The summed E-state index contributed by atoms with van der Waals surface area (Å²) in [6, 6.07) is 0. The molecule has 0 aromatic heterocycles. The molecule has 0 aliphatic rings. The highest BCUT2D eigenvalue weighted by atomic mass is 16.4. The number of aliphatic hydroxyl groups is 8. The van der Waals surface area contributed by atoms with Crippen LogP contribution in [0, 0.1) is 0 Å². The Bertz CT molecular complexity index is 259. The average molecular weight is 328 g/mol. The van der Waals surface area contributed by atoms with E-state index in [0.717, 1.165) is 0 Å². The van der Waals surface area contributed by atoms with Crippen molar-refractivity contribution in [2.24, 2.45) is 0 Å². The van der Waals surface area contributed by atoms with E-state index in [1.807, 2.05) is 0 Å². The summed E-state index contributed by atoms with van der Waals surface area (Å²) in [4.78, 5) is 19.6. The van der Waals surface area contributed by atoms with E-state index < -0.39 is 49.8 Å². The number of carbonyl (C=O) groups is 2. The van der Waals surface area contributed by atoms with Crippen LogP contribution in [0.2, 0.25) is 0 Å². The summed E-state index contributed by atoms with van der Waals surface area (Å²) in [6.07, 6.45) is -8.00. The van der Waals surface area contributed by atoms with Gasteiger partial charge in [0, 0.05) is 12.8 Å². The van der Waals surface area contributed by atoms with Crippen LogP contribution in [-0.2, 0) is 9.59 Å². The molecule has 6 unspecified atom stereocenters. The molecule has 132 valence electrons. The van der Waals surface area contributed by atoms with Crippen LogP contribution in [0.3, 0.4) is 0 Å². The maximum absolute atomic E-state index is 9.82. The van der Waals surface area contributed by atoms with Crippen LogP contribution in [-0.4, -0.2) is 103 Å². The zero-order valence-corrected chi connectivity index (χ0v) is 11.8. The summed E-state index contributed by atoms with van der Waals surface area (Å²) in [7, 11) is 0. The Morgan fingerprint density at radius 1 is 0.591 bits per heavy atom. The zero-order valence-electron chi connectivity index (χ0n) is 11.8. The first-order chi connectivity index (χ1) is 10.3. The molecule has 0 aromatic carbocycles. The lowest BCUT2D eigenvalue weighted by molar-refractivity contribution is -0.116. The van der Waals surface area contributed by atoms with Gasteiger partial charge in [-0.3, -0.25) is 0 Å². The molecule has 8 N–H and O–H groups in total. The maximum atomic E-state index is 9.82. The van der Waals surface area contributed by atoms with Gasteiger partial charge >= 0.3 is 0 Å². The molecule has 0 saturated carbocycles. The molecule has 0 radical (unpaired) electrons. The first-order valence-electron chi connectivity index (χ1n) is 6.44. The molecule has 10 heteroatoms. The molecular weight excluding hydrogens is 304 g/mol. The van der Waals surface area contributed by atoms with Gasteiger partial charge in [0.15, 0.2) is 0 Å². The number of hydrogen-bond donors (Lipinski definition) is 8. The Morgan fingerprint density at radius 3 is 1.05 bits per heavy atom. The highest BCUT2D eigenvalue weighted by Gasteiger charge is 2.23. The Labute approximate surface area is 126 Å². The molecule has 22 heavy (non-hydrogen) atoms. The lowest BCUT2D eigenvalue weighted by Gasteiger charge is -2.19. The standard InChI is InChI=1S/2C6H12O5/c2*7-2-1-4(9)6(11)5(10)3-8/h2*2,4-6,8-11H,1,3H2. The van der Waals surface area contributed by atoms with Crippen LogP contribution < -0.4 is 0 Å². The smallest absolute Gasteiger partial charge is 0.122 e. The quantitative estimate of drug-likeness (QED) is 0.180. The van der Waals surface area contributed by atoms with Crippen LogP contribution in [0.15, 0.2) is 0 Å². The predicted molar refractivity (Wildman–Crippen MR) is 71.6 cm³/mol. The summed E-state index contributed by atoms with van der Waals surface area (Å²) in [5, 5.41) is 69.7. The molecule has 0 aliphatic heterocycles. The van der Waals surface area contributed by atoms with Gasteiger partial charge in [-0.05, 0) is 0 Å². The molecule has 0 aromatic rings. The van der Waals surface area contributed by atoms with Crippen molar-refractivity contribution in [2.45, 2.75) is 49.5 Å². The summed E-state index contributed by atoms with van der Waals surface area (Å²) in [5.74, 6) is 0. The van der Waals surface area contributed by atoms with Gasteiger partial charge in [-0.1, -0.05) is 0 Å². The zero-order chi connectivity index (χ0) is 17.7. The first-order valence-corrected chi connectivity index (χ1v) is 6.44. The van der Waals surface area contributed by atoms with Crippen LogP contribution in [0.1, 0.15) is 12.8 Å². The molecule has 0 spiro atoms. The molecule has 0 rings (SSSR count). The van der Waals surface area contributed by atoms with Gasteiger partial charge in [-0.15, -0.1) is 0 Å². The summed E-state index contributed by atoms with van der Waals surface area (Å²) in [6.45, 7) is -1.28. The fourth-order valence-corrected chi connectivity index (χ4v) is 1.20. The molecule has 0 amide bonds. The lowest BCUT2D eigenvalue weighted by atomic mass is 10.1. The second kappa shape index (κ2) is 13.7. The van der Waals surface area contributed by atoms with E-state index in [9.17, 15) is 9.59 Å². The van der Waals surface area contributed by atoms with Gasteiger partial charge in [0.2, 0.25) is 0 Å². The highest BCUT2D eigenvalue weighted by molar-refractivity contribution is 5.50. The van der Waals surface area contributed by atoms with Crippen molar-refractivity contribution >= 4 is 12.6 Å². The number of carbonyl (C=O) groups excluding carboxylic acids is 2. The third-order valence-electron chi connectivity index (χ3n) is 2.63. The molecule has 0 aliphatic carbocycles. The minimum absolute atomic E-state index is 0.252. The summed E-state index contributed by atoms with van der Waals surface area (Å²) < 4.78 is 0. The van der Waals surface area contributed by atoms with Crippen molar-refractivity contribution in [3.63, 3.8) is 0 Å². The largest absolute Gasteiger partial charge is 0.394 e. The van der Waals surface area contributed by atoms with Gasteiger partial charge < -0.3 is 50.4 Å². The van der Waals surface area contributed by atoms with E-state index in [-0.39, 0.29) is 12.8 Å². The van der Waals surface area contributed by atoms with Gasteiger partial charge in [0.1, 0.15) is 37.0 Å². The van der Waals surface area contributed by atoms with Gasteiger partial charge in [-0.25, -0.2) is 0 Å². The van der Waals surface area contributed by atoms with E-state index in [0.29, 0.717) is 12.6 Å².